The summed E-state index contributed by atoms with van der Waals surface area (Å²) in [4.78, 5) is -0.313. The smallest absolute Gasteiger partial charge is 0.243 e. The molecule has 7 heteroatoms. The van der Waals surface area contributed by atoms with Crippen LogP contribution in [-0.4, -0.2) is 27.5 Å². The van der Waals surface area contributed by atoms with E-state index in [0.717, 1.165) is 31.9 Å². The number of rotatable bonds is 4. The third-order valence-corrected chi connectivity index (χ3v) is 5.07. The van der Waals surface area contributed by atoms with Crippen LogP contribution in [0.25, 0.3) is 0 Å². The lowest BCUT2D eigenvalue weighted by atomic mass is 10.1. The normalized spacial score (nSPS) is 20.4. The van der Waals surface area contributed by atoms with Gasteiger partial charge in [-0.25, -0.2) is 17.5 Å². The molecule has 2 rings (SSSR count). The van der Waals surface area contributed by atoms with Crippen LogP contribution in [0.15, 0.2) is 27.6 Å². The summed E-state index contributed by atoms with van der Waals surface area (Å²) in [7, 11) is -3.79. The third-order valence-electron chi connectivity index (χ3n) is 3.12. The van der Waals surface area contributed by atoms with Crippen LogP contribution < -0.4 is 10.0 Å². The van der Waals surface area contributed by atoms with E-state index >= 15 is 0 Å². The lowest BCUT2D eigenvalue weighted by Crippen LogP contribution is -2.43. The van der Waals surface area contributed by atoms with Crippen LogP contribution >= 0.6 is 15.9 Å². The molecule has 0 bridgehead atoms. The van der Waals surface area contributed by atoms with E-state index in [1.807, 2.05) is 0 Å². The van der Waals surface area contributed by atoms with E-state index in [1.165, 1.54) is 12.1 Å². The summed E-state index contributed by atoms with van der Waals surface area (Å²) in [6, 6.07) is 4.04. The van der Waals surface area contributed by atoms with Gasteiger partial charge in [0.25, 0.3) is 0 Å². The number of hydrogen-bond donors (Lipinski definition) is 2. The summed E-state index contributed by atoms with van der Waals surface area (Å²) in [5.41, 5.74) is 0. The third kappa shape index (κ3) is 3.98. The number of halogens is 2. The summed E-state index contributed by atoms with van der Waals surface area (Å²) in [6.45, 7) is 1.19. The molecular weight excluding hydrogens is 335 g/mol. The van der Waals surface area contributed by atoms with Gasteiger partial charge in [0.15, 0.2) is 0 Å². The quantitative estimate of drug-likeness (QED) is 0.873. The largest absolute Gasteiger partial charge is 0.313 e. The molecule has 0 amide bonds. The molecule has 1 aliphatic heterocycles. The van der Waals surface area contributed by atoms with Crippen LogP contribution in [-0.2, 0) is 10.0 Å². The number of benzene rings is 1. The van der Waals surface area contributed by atoms with Gasteiger partial charge >= 0.3 is 0 Å². The molecule has 4 nitrogen and oxygen atoms in total. The highest BCUT2D eigenvalue weighted by Gasteiger charge is 2.21. The maximum Gasteiger partial charge on any atom is 0.243 e. The molecule has 1 aromatic carbocycles. The molecule has 2 N–H and O–H groups in total. The zero-order valence-electron chi connectivity index (χ0n) is 10.3. The van der Waals surface area contributed by atoms with Gasteiger partial charge in [-0.1, -0.05) is 22.4 Å². The van der Waals surface area contributed by atoms with Crippen LogP contribution in [0.5, 0.6) is 0 Å². The van der Waals surface area contributed by atoms with Crippen molar-refractivity contribution in [3.05, 3.63) is 28.5 Å². The van der Waals surface area contributed by atoms with Crippen molar-refractivity contribution in [2.24, 2.45) is 0 Å². The van der Waals surface area contributed by atoms with Gasteiger partial charge < -0.3 is 5.32 Å². The van der Waals surface area contributed by atoms with Crippen molar-refractivity contribution in [2.45, 2.75) is 30.2 Å². The fraction of sp³-hybridized carbons (Fsp3) is 0.500. The van der Waals surface area contributed by atoms with E-state index in [4.69, 9.17) is 0 Å². The predicted octanol–water partition coefficient (Wildman–Crippen LogP) is 2.01. The maximum absolute atomic E-state index is 13.6. The highest BCUT2D eigenvalue weighted by atomic mass is 79.9. The van der Waals surface area contributed by atoms with Gasteiger partial charge in [-0.3, -0.25) is 0 Å². The van der Waals surface area contributed by atoms with E-state index in [-0.39, 0.29) is 17.5 Å². The summed E-state index contributed by atoms with van der Waals surface area (Å²) >= 11 is 3.10. The molecule has 0 aromatic heterocycles. The lowest BCUT2D eigenvalue weighted by Gasteiger charge is -2.23. The molecule has 1 heterocycles. The fourth-order valence-corrected chi connectivity index (χ4v) is 3.55. The van der Waals surface area contributed by atoms with Gasteiger partial charge in [0.05, 0.1) is 0 Å². The molecule has 19 heavy (non-hydrogen) atoms. The molecule has 1 saturated heterocycles. The zero-order valence-corrected chi connectivity index (χ0v) is 12.7. The molecule has 1 aromatic rings. The standard InChI is InChI=1S/C12H16BrFN2O2S/c13-9-4-5-12(11(14)7-9)19(17,18)16-8-10-3-1-2-6-15-10/h4-5,7,10,15-16H,1-3,6,8H2. The first kappa shape index (κ1) is 14.9. The van der Waals surface area contributed by atoms with E-state index in [9.17, 15) is 12.8 Å². The molecule has 0 saturated carbocycles. The maximum atomic E-state index is 13.6. The monoisotopic (exact) mass is 350 g/mol. The van der Waals surface area contributed by atoms with Crippen molar-refractivity contribution in [2.75, 3.05) is 13.1 Å². The summed E-state index contributed by atoms with van der Waals surface area (Å²) in [5.74, 6) is -0.751. The average Bonchev–Trinajstić information content (AvgIpc) is 2.37. The Morgan fingerprint density at radius 2 is 2.21 bits per heavy atom. The average molecular weight is 351 g/mol. The first-order valence-electron chi connectivity index (χ1n) is 6.17. The zero-order chi connectivity index (χ0) is 13.9. The van der Waals surface area contributed by atoms with Crippen LogP contribution in [0.4, 0.5) is 4.39 Å². The molecule has 1 fully saturated rings. The summed E-state index contributed by atoms with van der Waals surface area (Å²) in [6.07, 6.45) is 3.14. The molecule has 0 spiro atoms. The Morgan fingerprint density at radius 3 is 2.84 bits per heavy atom. The Morgan fingerprint density at radius 1 is 1.42 bits per heavy atom. The Balaban J connectivity index is 2.05. The van der Waals surface area contributed by atoms with Crippen molar-refractivity contribution >= 4 is 26.0 Å². The minimum Gasteiger partial charge on any atom is -0.313 e. The molecule has 1 unspecified atom stereocenters. The van der Waals surface area contributed by atoms with Gasteiger partial charge in [0.1, 0.15) is 10.7 Å². The van der Waals surface area contributed by atoms with Crippen molar-refractivity contribution in [1.82, 2.24) is 10.0 Å². The second-order valence-corrected chi connectivity index (χ2v) is 7.22. The summed E-state index contributed by atoms with van der Waals surface area (Å²) in [5, 5.41) is 3.24. The van der Waals surface area contributed by atoms with Crippen LogP contribution in [0.3, 0.4) is 0 Å². The summed E-state index contributed by atoms with van der Waals surface area (Å²) < 4.78 is 40.6. The molecule has 0 radical (unpaired) electrons. The number of hydrogen-bond acceptors (Lipinski definition) is 3. The molecule has 1 atom stereocenters. The second-order valence-electron chi connectivity index (χ2n) is 4.57. The Labute approximate surface area is 121 Å². The van der Waals surface area contributed by atoms with E-state index in [0.29, 0.717) is 4.47 Å². The minimum absolute atomic E-state index is 0.127. The molecular formula is C12H16BrFN2O2S. The molecule has 106 valence electrons. The van der Waals surface area contributed by atoms with E-state index in [1.54, 1.807) is 0 Å². The van der Waals surface area contributed by atoms with Gasteiger partial charge in [-0.05, 0) is 37.6 Å². The second kappa shape index (κ2) is 6.30. The first-order chi connectivity index (χ1) is 8.99. The first-order valence-corrected chi connectivity index (χ1v) is 8.45. The van der Waals surface area contributed by atoms with Gasteiger partial charge in [-0.15, -0.1) is 0 Å². The predicted molar refractivity (Wildman–Crippen MR) is 74.9 cm³/mol. The van der Waals surface area contributed by atoms with Crippen molar-refractivity contribution in [1.29, 1.82) is 0 Å². The van der Waals surface area contributed by atoms with Crippen LogP contribution in [0, 0.1) is 5.82 Å². The number of nitrogens with one attached hydrogen (secondary N) is 2. The molecule has 1 aliphatic rings. The Hall–Kier alpha value is -0.500. The van der Waals surface area contributed by atoms with Crippen molar-refractivity contribution in [3.8, 4) is 0 Å². The van der Waals surface area contributed by atoms with Gasteiger partial charge in [-0.2, -0.15) is 0 Å². The van der Waals surface area contributed by atoms with Crippen molar-refractivity contribution in [3.63, 3.8) is 0 Å². The Bertz CT molecular complexity index is 545. The topological polar surface area (TPSA) is 58.2 Å². The van der Waals surface area contributed by atoms with Crippen LogP contribution in [0.1, 0.15) is 19.3 Å². The fourth-order valence-electron chi connectivity index (χ4n) is 2.08. The van der Waals surface area contributed by atoms with Gasteiger partial charge in [0.2, 0.25) is 10.0 Å². The highest BCUT2D eigenvalue weighted by Crippen LogP contribution is 2.19. The highest BCUT2D eigenvalue weighted by molar-refractivity contribution is 9.10. The van der Waals surface area contributed by atoms with E-state index < -0.39 is 15.8 Å². The Kier molecular flexibility index (Phi) is 4.94. The van der Waals surface area contributed by atoms with E-state index in [2.05, 4.69) is 26.0 Å². The number of sulfonamides is 1. The lowest BCUT2D eigenvalue weighted by molar-refractivity contribution is 0.398. The number of piperidine rings is 1. The molecule has 0 aliphatic carbocycles. The SMILES string of the molecule is O=S(=O)(NCC1CCCCN1)c1ccc(Br)cc1F. The minimum atomic E-state index is -3.79. The van der Waals surface area contributed by atoms with Crippen LogP contribution in [0.2, 0.25) is 0 Å². The van der Waals surface area contributed by atoms with Gasteiger partial charge in [0, 0.05) is 17.1 Å². The van der Waals surface area contributed by atoms with Crippen molar-refractivity contribution < 1.29 is 12.8 Å².